The first-order chi connectivity index (χ1) is 3.69. The van der Waals surface area contributed by atoms with Crippen LogP contribution in [0, 0.1) is 0 Å². The molecule has 1 saturated carbocycles. The standard InChI is InChI=1S/C6H9ClO/c1-2-5(8)6(7)3-4-6/h2-4H2,1H3. The van der Waals surface area contributed by atoms with Crippen LogP contribution in [0.2, 0.25) is 0 Å². The Kier molecular flexibility index (Phi) is 1.31. The van der Waals surface area contributed by atoms with Gasteiger partial charge in [0.2, 0.25) is 0 Å². The maximum atomic E-state index is 10.8. The van der Waals surface area contributed by atoms with E-state index in [4.69, 9.17) is 11.6 Å². The first-order valence-corrected chi connectivity index (χ1v) is 3.29. The van der Waals surface area contributed by atoms with Crippen molar-refractivity contribution in [3.05, 3.63) is 0 Å². The fourth-order valence-corrected chi connectivity index (χ4v) is 0.934. The van der Waals surface area contributed by atoms with Gasteiger partial charge in [-0.3, -0.25) is 4.79 Å². The molecule has 0 aromatic rings. The SMILES string of the molecule is CCC(=O)C1(Cl)CC1. The van der Waals surface area contributed by atoms with Gasteiger partial charge in [0, 0.05) is 6.42 Å². The molecule has 0 heterocycles. The van der Waals surface area contributed by atoms with Crippen molar-refractivity contribution in [2.45, 2.75) is 31.1 Å². The normalized spacial score (nSPS) is 22.8. The van der Waals surface area contributed by atoms with E-state index in [9.17, 15) is 4.79 Å². The van der Waals surface area contributed by atoms with Gasteiger partial charge in [-0.25, -0.2) is 0 Å². The van der Waals surface area contributed by atoms with Crippen molar-refractivity contribution in [3.63, 3.8) is 0 Å². The second-order valence-electron chi connectivity index (χ2n) is 2.24. The van der Waals surface area contributed by atoms with Crippen LogP contribution in [0.15, 0.2) is 0 Å². The lowest BCUT2D eigenvalue weighted by Gasteiger charge is -1.98. The average Bonchev–Trinajstić information content (AvgIpc) is 2.47. The Morgan fingerprint density at radius 2 is 2.25 bits per heavy atom. The molecule has 1 aliphatic carbocycles. The zero-order chi connectivity index (χ0) is 6.20. The van der Waals surface area contributed by atoms with Crippen LogP contribution in [-0.4, -0.2) is 10.7 Å². The Morgan fingerprint density at radius 3 is 2.38 bits per heavy atom. The highest BCUT2D eigenvalue weighted by molar-refractivity contribution is 6.37. The second kappa shape index (κ2) is 1.73. The molecule has 0 aliphatic heterocycles. The van der Waals surface area contributed by atoms with Crippen molar-refractivity contribution >= 4 is 17.4 Å². The Balaban J connectivity index is 2.46. The molecule has 0 amide bonds. The molecule has 1 nitrogen and oxygen atoms in total. The molecule has 0 aromatic heterocycles. The first-order valence-electron chi connectivity index (χ1n) is 2.91. The van der Waals surface area contributed by atoms with Crippen molar-refractivity contribution in [1.82, 2.24) is 0 Å². The Bertz CT molecular complexity index is 116. The van der Waals surface area contributed by atoms with Gasteiger partial charge >= 0.3 is 0 Å². The zero-order valence-electron chi connectivity index (χ0n) is 4.91. The summed E-state index contributed by atoms with van der Waals surface area (Å²) >= 11 is 5.75. The average molecular weight is 133 g/mol. The van der Waals surface area contributed by atoms with Crippen molar-refractivity contribution in [1.29, 1.82) is 0 Å². The fraction of sp³-hybridized carbons (Fsp3) is 0.833. The van der Waals surface area contributed by atoms with Gasteiger partial charge in [0.1, 0.15) is 4.87 Å². The lowest BCUT2D eigenvalue weighted by atomic mass is 10.2. The number of hydrogen-bond donors (Lipinski definition) is 0. The lowest BCUT2D eigenvalue weighted by molar-refractivity contribution is -0.119. The topological polar surface area (TPSA) is 17.1 Å². The van der Waals surface area contributed by atoms with Crippen LogP contribution >= 0.6 is 11.6 Å². The Labute approximate surface area is 54.0 Å². The number of halogens is 1. The monoisotopic (exact) mass is 132 g/mol. The van der Waals surface area contributed by atoms with Crippen molar-refractivity contribution < 1.29 is 4.79 Å². The van der Waals surface area contributed by atoms with Crippen LogP contribution in [0.5, 0.6) is 0 Å². The maximum Gasteiger partial charge on any atom is 0.153 e. The summed E-state index contributed by atoms with van der Waals surface area (Å²) in [6, 6.07) is 0. The molecule has 1 fully saturated rings. The van der Waals surface area contributed by atoms with Crippen LogP contribution in [0.1, 0.15) is 26.2 Å². The van der Waals surface area contributed by atoms with Gasteiger partial charge in [0.05, 0.1) is 0 Å². The number of alkyl halides is 1. The number of rotatable bonds is 2. The molecule has 0 aromatic carbocycles. The quantitative estimate of drug-likeness (QED) is 0.523. The van der Waals surface area contributed by atoms with E-state index in [-0.39, 0.29) is 5.78 Å². The van der Waals surface area contributed by atoms with Crippen LogP contribution in [0.25, 0.3) is 0 Å². The largest absolute Gasteiger partial charge is 0.298 e. The molecule has 1 aliphatic rings. The van der Waals surface area contributed by atoms with Crippen LogP contribution in [0.4, 0.5) is 0 Å². The summed E-state index contributed by atoms with van der Waals surface area (Å²) in [7, 11) is 0. The van der Waals surface area contributed by atoms with Gasteiger partial charge in [-0.2, -0.15) is 0 Å². The van der Waals surface area contributed by atoms with Gasteiger partial charge in [0.15, 0.2) is 5.78 Å². The summed E-state index contributed by atoms with van der Waals surface area (Å²) in [5.41, 5.74) is 0. The van der Waals surface area contributed by atoms with E-state index in [1.165, 1.54) is 0 Å². The minimum Gasteiger partial charge on any atom is -0.298 e. The van der Waals surface area contributed by atoms with E-state index in [1.807, 2.05) is 6.92 Å². The molecular formula is C6H9ClO. The molecule has 1 rings (SSSR count). The van der Waals surface area contributed by atoms with Gasteiger partial charge in [-0.1, -0.05) is 6.92 Å². The van der Waals surface area contributed by atoms with E-state index < -0.39 is 4.87 Å². The number of Topliss-reactive ketones (excluding diaryl/α,β-unsaturated/α-hetero) is 1. The molecule has 2 heteroatoms. The smallest absolute Gasteiger partial charge is 0.153 e. The minimum atomic E-state index is -0.408. The highest BCUT2D eigenvalue weighted by Gasteiger charge is 2.46. The third-order valence-electron chi connectivity index (χ3n) is 1.51. The zero-order valence-corrected chi connectivity index (χ0v) is 5.66. The molecule has 0 unspecified atom stereocenters. The van der Waals surface area contributed by atoms with E-state index in [1.54, 1.807) is 0 Å². The van der Waals surface area contributed by atoms with Gasteiger partial charge in [-0.15, -0.1) is 11.6 Å². The van der Waals surface area contributed by atoms with Crippen molar-refractivity contribution in [2.75, 3.05) is 0 Å². The molecule has 0 saturated heterocycles. The molecule has 0 bridgehead atoms. The predicted octanol–water partition coefficient (Wildman–Crippen LogP) is 1.74. The molecule has 0 N–H and O–H groups in total. The Morgan fingerprint density at radius 1 is 1.75 bits per heavy atom. The number of carbonyl (C=O) groups excluding carboxylic acids is 1. The summed E-state index contributed by atoms with van der Waals surface area (Å²) in [6.45, 7) is 1.85. The molecule has 0 atom stereocenters. The molecular weight excluding hydrogens is 124 g/mol. The van der Waals surface area contributed by atoms with Crippen LogP contribution < -0.4 is 0 Å². The van der Waals surface area contributed by atoms with Crippen LogP contribution in [-0.2, 0) is 4.79 Å². The molecule has 0 radical (unpaired) electrons. The van der Waals surface area contributed by atoms with Crippen LogP contribution in [0.3, 0.4) is 0 Å². The summed E-state index contributed by atoms with van der Waals surface area (Å²) < 4.78 is 0. The second-order valence-corrected chi connectivity index (χ2v) is 2.97. The summed E-state index contributed by atoms with van der Waals surface area (Å²) in [6.07, 6.45) is 2.37. The molecule has 0 spiro atoms. The third kappa shape index (κ3) is 0.873. The van der Waals surface area contributed by atoms with Crippen molar-refractivity contribution in [2.24, 2.45) is 0 Å². The predicted molar refractivity (Wildman–Crippen MR) is 33.1 cm³/mol. The van der Waals surface area contributed by atoms with E-state index in [0.717, 1.165) is 12.8 Å². The number of carbonyl (C=O) groups is 1. The van der Waals surface area contributed by atoms with E-state index in [2.05, 4.69) is 0 Å². The van der Waals surface area contributed by atoms with Crippen molar-refractivity contribution in [3.8, 4) is 0 Å². The first kappa shape index (κ1) is 6.09. The number of ketones is 1. The lowest BCUT2D eigenvalue weighted by Crippen LogP contribution is -2.13. The van der Waals surface area contributed by atoms with Gasteiger partial charge in [0.25, 0.3) is 0 Å². The van der Waals surface area contributed by atoms with E-state index >= 15 is 0 Å². The summed E-state index contributed by atoms with van der Waals surface area (Å²) in [4.78, 5) is 10.4. The molecule has 46 valence electrons. The van der Waals surface area contributed by atoms with Gasteiger partial charge < -0.3 is 0 Å². The minimum absolute atomic E-state index is 0.208. The highest BCUT2D eigenvalue weighted by Crippen LogP contribution is 2.43. The summed E-state index contributed by atoms with van der Waals surface area (Å²) in [5, 5.41) is 0. The molecule has 8 heavy (non-hydrogen) atoms. The highest BCUT2D eigenvalue weighted by atomic mass is 35.5. The Hall–Kier alpha value is -0.0400. The van der Waals surface area contributed by atoms with Gasteiger partial charge in [-0.05, 0) is 12.8 Å². The summed E-state index contributed by atoms with van der Waals surface area (Å²) in [5.74, 6) is 0.208. The number of hydrogen-bond acceptors (Lipinski definition) is 1. The third-order valence-corrected chi connectivity index (χ3v) is 2.10. The fourth-order valence-electron chi connectivity index (χ4n) is 0.705. The maximum absolute atomic E-state index is 10.8. The van der Waals surface area contributed by atoms with E-state index in [0.29, 0.717) is 6.42 Å².